The number of halogens is 2. The molecule has 0 aromatic heterocycles. The molecule has 0 aliphatic heterocycles. The number of nitrogens with zero attached hydrogens (tertiary/aromatic N) is 1. The molecule has 0 spiro atoms. The highest BCUT2D eigenvalue weighted by Gasteiger charge is 2.21. The molecule has 3 aromatic carbocycles. The zero-order valence-electron chi connectivity index (χ0n) is 16.5. The molecule has 31 heavy (non-hydrogen) atoms. The van der Waals surface area contributed by atoms with Gasteiger partial charge in [0.15, 0.2) is 6.61 Å². The number of hydrogen-bond acceptors (Lipinski definition) is 4. The van der Waals surface area contributed by atoms with Crippen LogP contribution in [-0.4, -0.2) is 37.5 Å². The van der Waals surface area contributed by atoms with E-state index in [1.165, 1.54) is 41.7 Å². The Labute approximate surface area is 184 Å². The van der Waals surface area contributed by atoms with Gasteiger partial charge < -0.3 is 9.84 Å². The van der Waals surface area contributed by atoms with Crippen LogP contribution in [0.15, 0.2) is 71.6 Å². The first-order valence-electron chi connectivity index (χ1n) is 9.12. The van der Waals surface area contributed by atoms with Gasteiger partial charge in [0.1, 0.15) is 11.6 Å². The molecule has 0 radical (unpaired) electrons. The summed E-state index contributed by atoms with van der Waals surface area (Å²) in [5.74, 6) is -1.52. The van der Waals surface area contributed by atoms with Crippen molar-refractivity contribution in [3.63, 3.8) is 0 Å². The van der Waals surface area contributed by atoms with Crippen molar-refractivity contribution in [2.45, 2.75) is 11.4 Å². The molecular formula is C22H19ClFNO5S. The standard InChI is InChI=1S/C22H19ClFNO5S/c1-25(31(28,29)19-5-3-2-4-6-19)13-15-7-8-21(30-14-22(26)27)20(9-15)16-10-17(23)12-18(24)11-16/h2-12H,13-14H2,1H3,(H,26,27). The summed E-state index contributed by atoms with van der Waals surface area (Å²) in [5.41, 5.74) is 1.37. The molecule has 0 fully saturated rings. The van der Waals surface area contributed by atoms with E-state index in [2.05, 4.69) is 0 Å². The third kappa shape index (κ3) is 5.61. The summed E-state index contributed by atoms with van der Waals surface area (Å²) in [6, 6.07) is 16.7. The summed E-state index contributed by atoms with van der Waals surface area (Å²) in [6.45, 7) is -0.551. The number of ether oxygens (including phenoxy) is 1. The summed E-state index contributed by atoms with van der Waals surface area (Å²) in [6.07, 6.45) is 0. The predicted molar refractivity (Wildman–Crippen MR) is 115 cm³/mol. The molecular weight excluding hydrogens is 445 g/mol. The smallest absolute Gasteiger partial charge is 0.341 e. The Morgan fingerprint density at radius 3 is 2.45 bits per heavy atom. The number of carbonyl (C=O) groups is 1. The van der Waals surface area contributed by atoms with Crippen molar-refractivity contribution in [2.24, 2.45) is 0 Å². The molecule has 3 aromatic rings. The lowest BCUT2D eigenvalue weighted by atomic mass is 10.0. The van der Waals surface area contributed by atoms with E-state index in [1.807, 2.05) is 0 Å². The van der Waals surface area contributed by atoms with Crippen molar-refractivity contribution in [3.8, 4) is 16.9 Å². The van der Waals surface area contributed by atoms with Crippen molar-refractivity contribution in [2.75, 3.05) is 13.7 Å². The second-order valence-corrected chi connectivity index (χ2v) is 9.23. The molecule has 0 aliphatic carbocycles. The molecule has 162 valence electrons. The van der Waals surface area contributed by atoms with E-state index in [0.29, 0.717) is 16.7 Å². The van der Waals surface area contributed by atoms with Crippen LogP contribution in [0.3, 0.4) is 0 Å². The van der Waals surface area contributed by atoms with E-state index in [9.17, 15) is 17.6 Å². The molecule has 0 amide bonds. The van der Waals surface area contributed by atoms with E-state index < -0.39 is 28.4 Å². The maximum Gasteiger partial charge on any atom is 0.341 e. The van der Waals surface area contributed by atoms with Crippen LogP contribution in [-0.2, 0) is 21.4 Å². The maximum absolute atomic E-state index is 13.9. The monoisotopic (exact) mass is 463 g/mol. The van der Waals surface area contributed by atoms with Gasteiger partial charge in [-0.3, -0.25) is 0 Å². The van der Waals surface area contributed by atoms with E-state index in [1.54, 1.807) is 30.3 Å². The Morgan fingerprint density at radius 1 is 1.10 bits per heavy atom. The van der Waals surface area contributed by atoms with Crippen LogP contribution >= 0.6 is 11.6 Å². The quantitative estimate of drug-likeness (QED) is 0.534. The third-order valence-corrected chi connectivity index (χ3v) is 6.46. The molecule has 1 N–H and O–H groups in total. The van der Waals surface area contributed by atoms with E-state index >= 15 is 0 Å². The lowest BCUT2D eigenvalue weighted by Crippen LogP contribution is -2.26. The Balaban J connectivity index is 1.97. The fourth-order valence-electron chi connectivity index (χ4n) is 2.99. The highest BCUT2D eigenvalue weighted by Crippen LogP contribution is 2.34. The minimum absolute atomic E-state index is 0.0342. The molecule has 0 heterocycles. The van der Waals surface area contributed by atoms with Gasteiger partial charge in [0, 0.05) is 24.2 Å². The minimum Gasteiger partial charge on any atom is -0.481 e. The number of hydrogen-bond donors (Lipinski definition) is 1. The number of rotatable bonds is 8. The van der Waals surface area contributed by atoms with Crippen LogP contribution in [0, 0.1) is 5.82 Å². The van der Waals surface area contributed by atoms with Gasteiger partial charge in [-0.15, -0.1) is 0 Å². The van der Waals surface area contributed by atoms with Crippen LogP contribution < -0.4 is 4.74 Å². The van der Waals surface area contributed by atoms with E-state index in [-0.39, 0.29) is 22.2 Å². The second-order valence-electron chi connectivity index (χ2n) is 6.75. The molecule has 0 saturated heterocycles. The number of carboxylic acid groups (broad SMARTS) is 1. The minimum atomic E-state index is -3.72. The van der Waals surface area contributed by atoms with Crippen molar-refractivity contribution in [3.05, 3.63) is 83.1 Å². The normalized spacial score (nSPS) is 11.5. The van der Waals surface area contributed by atoms with E-state index in [4.69, 9.17) is 21.4 Å². The van der Waals surface area contributed by atoms with Crippen LogP contribution in [0.25, 0.3) is 11.1 Å². The summed E-state index contributed by atoms with van der Waals surface area (Å²) < 4.78 is 46.0. The lowest BCUT2D eigenvalue weighted by Gasteiger charge is -2.19. The Morgan fingerprint density at radius 2 is 1.81 bits per heavy atom. The second kappa shape index (κ2) is 9.47. The molecule has 3 rings (SSSR count). The molecule has 0 atom stereocenters. The van der Waals surface area contributed by atoms with Crippen molar-refractivity contribution in [1.82, 2.24) is 4.31 Å². The number of benzene rings is 3. The zero-order valence-corrected chi connectivity index (χ0v) is 18.0. The maximum atomic E-state index is 13.9. The zero-order chi connectivity index (χ0) is 22.6. The number of sulfonamides is 1. The molecule has 9 heteroatoms. The van der Waals surface area contributed by atoms with Crippen molar-refractivity contribution < 1.29 is 27.4 Å². The number of carboxylic acids is 1. The summed E-state index contributed by atoms with van der Waals surface area (Å²) >= 11 is 5.97. The van der Waals surface area contributed by atoms with Crippen LogP contribution in [0.4, 0.5) is 4.39 Å². The van der Waals surface area contributed by atoms with Gasteiger partial charge in [0.2, 0.25) is 10.0 Å². The van der Waals surface area contributed by atoms with Gasteiger partial charge in [-0.25, -0.2) is 17.6 Å². The topological polar surface area (TPSA) is 83.9 Å². The third-order valence-electron chi connectivity index (χ3n) is 4.43. The van der Waals surface area contributed by atoms with Crippen LogP contribution in [0.5, 0.6) is 5.75 Å². The molecule has 6 nitrogen and oxygen atoms in total. The van der Waals surface area contributed by atoms with Crippen LogP contribution in [0.2, 0.25) is 5.02 Å². The Kier molecular flexibility index (Phi) is 6.94. The van der Waals surface area contributed by atoms with Gasteiger partial charge in [0.25, 0.3) is 0 Å². The first-order valence-corrected chi connectivity index (χ1v) is 10.9. The van der Waals surface area contributed by atoms with E-state index in [0.717, 1.165) is 6.07 Å². The summed E-state index contributed by atoms with van der Waals surface area (Å²) in [7, 11) is -2.26. The Bertz CT molecular complexity index is 1180. The van der Waals surface area contributed by atoms with Gasteiger partial charge in [-0.05, 0) is 53.6 Å². The van der Waals surface area contributed by atoms with Crippen molar-refractivity contribution >= 4 is 27.6 Å². The summed E-state index contributed by atoms with van der Waals surface area (Å²) in [4.78, 5) is 11.1. The highest BCUT2D eigenvalue weighted by atomic mass is 35.5. The first kappa shape index (κ1) is 22.7. The van der Waals surface area contributed by atoms with Crippen LogP contribution in [0.1, 0.15) is 5.56 Å². The molecule has 0 bridgehead atoms. The van der Waals surface area contributed by atoms with Crippen molar-refractivity contribution in [1.29, 1.82) is 0 Å². The highest BCUT2D eigenvalue weighted by molar-refractivity contribution is 7.89. The van der Waals surface area contributed by atoms with Gasteiger partial charge in [-0.1, -0.05) is 35.9 Å². The molecule has 0 saturated carbocycles. The van der Waals surface area contributed by atoms with Gasteiger partial charge in [-0.2, -0.15) is 4.31 Å². The predicted octanol–water partition coefficient (Wildman–Crippen LogP) is 4.43. The fraction of sp³-hybridized carbons (Fsp3) is 0.136. The lowest BCUT2D eigenvalue weighted by molar-refractivity contribution is -0.139. The summed E-state index contributed by atoms with van der Waals surface area (Å²) in [5, 5.41) is 9.08. The number of aliphatic carboxylic acids is 1. The Hall–Kier alpha value is -2.94. The first-order chi connectivity index (χ1) is 14.7. The average molecular weight is 464 g/mol. The SMILES string of the molecule is CN(Cc1ccc(OCC(=O)O)c(-c2cc(F)cc(Cl)c2)c1)S(=O)(=O)c1ccccc1. The molecule has 0 unspecified atom stereocenters. The van der Waals surface area contributed by atoms with Gasteiger partial charge >= 0.3 is 5.97 Å². The average Bonchev–Trinajstić information content (AvgIpc) is 2.72. The molecule has 0 aliphatic rings. The van der Waals surface area contributed by atoms with Gasteiger partial charge in [0.05, 0.1) is 4.90 Å². The largest absolute Gasteiger partial charge is 0.481 e. The fourth-order valence-corrected chi connectivity index (χ4v) is 4.39.